The second kappa shape index (κ2) is 19.5. The fourth-order valence-electron chi connectivity index (χ4n) is 5.24. The lowest BCUT2D eigenvalue weighted by atomic mass is 9.93. The van der Waals surface area contributed by atoms with E-state index in [9.17, 15) is 43.5 Å². The van der Waals surface area contributed by atoms with Gasteiger partial charge in [0, 0.05) is 6.54 Å². The van der Waals surface area contributed by atoms with Gasteiger partial charge in [0.1, 0.15) is 30.2 Å². The van der Waals surface area contributed by atoms with Crippen LogP contribution in [0.3, 0.4) is 0 Å². The van der Waals surface area contributed by atoms with E-state index in [1.54, 1.807) is 41.5 Å². The van der Waals surface area contributed by atoms with Gasteiger partial charge in [-0.25, -0.2) is 4.79 Å². The van der Waals surface area contributed by atoms with E-state index >= 15 is 0 Å². The molecule has 9 N–H and O–H groups in total. The van der Waals surface area contributed by atoms with Crippen molar-refractivity contribution in [3.63, 3.8) is 0 Å². The number of hydrogen-bond acceptors (Lipinski definition) is 9. The highest BCUT2D eigenvalue weighted by atomic mass is 16.4. The number of carbonyl (C=O) groups is 8. The average Bonchev–Trinajstić information content (AvgIpc) is 3.52. The normalized spacial score (nSPS) is 19.3. The van der Waals surface area contributed by atoms with E-state index in [4.69, 9.17) is 15.9 Å². The summed E-state index contributed by atoms with van der Waals surface area (Å²) in [5.74, 6) is -9.17. The molecule has 0 radical (unpaired) electrons. The first-order valence-corrected chi connectivity index (χ1v) is 16.3. The number of amides is 5. The lowest BCUT2D eigenvalue weighted by Gasteiger charge is -2.34. The lowest BCUT2D eigenvalue weighted by Crippen LogP contribution is -2.62. The quantitative estimate of drug-likeness (QED) is 0.0800. The van der Waals surface area contributed by atoms with E-state index in [-0.39, 0.29) is 13.0 Å². The molecule has 17 nitrogen and oxygen atoms in total. The summed E-state index contributed by atoms with van der Waals surface area (Å²) in [6.45, 7) is 10.7. The minimum atomic E-state index is -1.70. The van der Waals surface area contributed by atoms with Gasteiger partial charge in [-0.3, -0.25) is 33.6 Å². The van der Waals surface area contributed by atoms with E-state index in [1.807, 2.05) is 0 Å². The summed E-state index contributed by atoms with van der Waals surface area (Å²) in [4.78, 5) is 102. The highest BCUT2D eigenvalue weighted by molar-refractivity contribution is 5.97. The van der Waals surface area contributed by atoms with Crippen LogP contribution in [0.2, 0.25) is 0 Å². The Morgan fingerprint density at radius 3 is 1.56 bits per heavy atom. The topological polar surface area (TPSA) is 275 Å². The Morgan fingerprint density at radius 2 is 1.12 bits per heavy atom. The SMILES string of the molecule is CC[C@H](C)[C@H](NC(=O)[C@@H](NC(=O)[C@@H](N)CC(=O)O)[C@@H](C)CC)C(=O)N[C@H](C(=O)N1CCC[C@H]1C(=O)N[C@@H](CC(=O)O)C(=O)O)[C@@H](C)CC. The van der Waals surface area contributed by atoms with Crippen molar-refractivity contribution in [1.29, 1.82) is 0 Å². The van der Waals surface area contributed by atoms with Gasteiger partial charge in [-0.1, -0.05) is 60.8 Å². The smallest absolute Gasteiger partial charge is 0.326 e. The lowest BCUT2D eigenvalue weighted by molar-refractivity contribution is -0.148. The van der Waals surface area contributed by atoms with Crippen LogP contribution in [-0.4, -0.2) is 110 Å². The Bertz CT molecular complexity index is 1200. The summed E-state index contributed by atoms with van der Waals surface area (Å²) < 4.78 is 0. The molecular formula is C31H52N6O11. The molecule has 272 valence electrons. The van der Waals surface area contributed by atoms with Gasteiger partial charge in [0.2, 0.25) is 29.5 Å². The number of nitrogens with two attached hydrogens (primary N) is 1. The summed E-state index contributed by atoms with van der Waals surface area (Å²) in [7, 11) is 0. The molecule has 0 spiro atoms. The van der Waals surface area contributed by atoms with Crippen LogP contribution in [0, 0.1) is 17.8 Å². The molecule has 48 heavy (non-hydrogen) atoms. The van der Waals surface area contributed by atoms with Gasteiger partial charge in [-0.15, -0.1) is 0 Å². The minimum Gasteiger partial charge on any atom is -0.481 e. The van der Waals surface area contributed by atoms with Crippen molar-refractivity contribution >= 4 is 47.4 Å². The summed E-state index contributed by atoms with van der Waals surface area (Å²) in [5.41, 5.74) is 5.69. The molecule has 1 saturated heterocycles. The summed E-state index contributed by atoms with van der Waals surface area (Å²) in [6.07, 6.45) is 0.443. The number of rotatable bonds is 20. The van der Waals surface area contributed by atoms with Crippen molar-refractivity contribution in [2.24, 2.45) is 23.5 Å². The Hall–Kier alpha value is -4.28. The predicted octanol–water partition coefficient (Wildman–Crippen LogP) is -0.584. The molecule has 1 aliphatic heterocycles. The fourth-order valence-corrected chi connectivity index (χ4v) is 5.24. The molecule has 1 fully saturated rings. The van der Waals surface area contributed by atoms with Crippen molar-refractivity contribution < 1.29 is 53.7 Å². The molecule has 5 amide bonds. The molecule has 0 unspecified atom stereocenters. The standard InChI is InChI=1S/C31H52N6O11/c1-7-15(4)23(34-26(42)18(32)13-21(38)39)28(44)35-24(16(5)8-2)29(45)36-25(17(6)9-3)30(46)37-12-10-11-20(37)27(43)33-19(31(47)48)14-22(40)41/h15-20,23-25H,7-14,32H2,1-6H3,(H,33,43)(H,34,42)(H,35,44)(H,36,45)(H,38,39)(H,40,41)(H,47,48)/t15-,16-,17-,18-,19-,20-,23-,24-,25-/m0/s1. The maximum absolute atomic E-state index is 13.9. The molecule has 9 atom stereocenters. The highest BCUT2D eigenvalue weighted by Crippen LogP contribution is 2.22. The molecule has 17 heteroatoms. The van der Waals surface area contributed by atoms with Gasteiger partial charge >= 0.3 is 17.9 Å². The van der Waals surface area contributed by atoms with Crippen LogP contribution < -0.4 is 27.0 Å². The largest absolute Gasteiger partial charge is 0.481 e. The highest BCUT2D eigenvalue weighted by Gasteiger charge is 2.42. The number of carboxylic acid groups (broad SMARTS) is 3. The van der Waals surface area contributed by atoms with Crippen LogP contribution in [0.25, 0.3) is 0 Å². The van der Waals surface area contributed by atoms with Crippen molar-refractivity contribution in [2.75, 3.05) is 6.54 Å². The molecule has 0 aromatic carbocycles. The van der Waals surface area contributed by atoms with Crippen LogP contribution in [-0.2, 0) is 38.4 Å². The van der Waals surface area contributed by atoms with E-state index in [1.165, 1.54) is 4.90 Å². The predicted molar refractivity (Wildman–Crippen MR) is 171 cm³/mol. The minimum absolute atomic E-state index is 0.141. The molecule has 1 rings (SSSR count). The summed E-state index contributed by atoms with van der Waals surface area (Å²) in [5, 5.41) is 37.5. The Morgan fingerprint density at radius 1 is 0.688 bits per heavy atom. The van der Waals surface area contributed by atoms with Crippen LogP contribution in [0.1, 0.15) is 86.5 Å². The molecule has 0 aromatic rings. The fraction of sp³-hybridized carbons (Fsp3) is 0.742. The number of carbonyl (C=O) groups excluding carboxylic acids is 5. The third-order valence-electron chi connectivity index (χ3n) is 8.93. The average molecular weight is 685 g/mol. The van der Waals surface area contributed by atoms with Gasteiger partial charge in [0.05, 0.1) is 18.9 Å². The Labute approximate surface area is 280 Å². The zero-order valence-corrected chi connectivity index (χ0v) is 28.5. The molecule has 0 aliphatic carbocycles. The van der Waals surface area contributed by atoms with E-state index < -0.39 is 114 Å². The Balaban J connectivity index is 3.26. The van der Waals surface area contributed by atoms with Gasteiger partial charge in [0.25, 0.3) is 0 Å². The maximum atomic E-state index is 13.9. The molecule has 0 aromatic heterocycles. The van der Waals surface area contributed by atoms with Crippen molar-refractivity contribution in [2.45, 2.75) is 123 Å². The number of aliphatic carboxylic acids is 3. The second-order valence-electron chi connectivity index (χ2n) is 12.5. The second-order valence-corrected chi connectivity index (χ2v) is 12.5. The van der Waals surface area contributed by atoms with Crippen LogP contribution in [0.15, 0.2) is 0 Å². The number of carboxylic acids is 3. The monoisotopic (exact) mass is 684 g/mol. The first-order chi connectivity index (χ1) is 22.4. The zero-order valence-electron chi connectivity index (χ0n) is 28.5. The summed E-state index contributed by atoms with van der Waals surface area (Å²) in [6, 6.07) is -7.62. The Kier molecular flexibility index (Phi) is 17.0. The van der Waals surface area contributed by atoms with Gasteiger partial charge in [-0.05, 0) is 30.6 Å². The van der Waals surface area contributed by atoms with Crippen molar-refractivity contribution in [3.8, 4) is 0 Å². The molecular weight excluding hydrogens is 632 g/mol. The first-order valence-electron chi connectivity index (χ1n) is 16.3. The molecule has 1 aliphatic rings. The zero-order chi connectivity index (χ0) is 36.9. The third kappa shape index (κ3) is 12.1. The van der Waals surface area contributed by atoms with Crippen LogP contribution in [0.4, 0.5) is 0 Å². The maximum Gasteiger partial charge on any atom is 0.326 e. The van der Waals surface area contributed by atoms with Crippen molar-refractivity contribution in [1.82, 2.24) is 26.2 Å². The first kappa shape index (κ1) is 41.7. The van der Waals surface area contributed by atoms with Gasteiger partial charge in [0.15, 0.2) is 0 Å². The molecule has 1 heterocycles. The molecule has 0 saturated carbocycles. The number of nitrogens with zero attached hydrogens (tertiary/aromatic N) is 1. The number of likely N-dealkylation sites (tertiary alicyclic amines) is 1. The van der Waals surface area contributed by atoms with Crippen molar-refractivity contribution in [3.05, 3.63) is 0 Å². The van der Waals surface area contributed by atoms with E-state index in [2.05, 4.69) is 21.3 Å². The number of hydrogen-bond donors (Lipinski definition) is 8. The van der Waals surface area contributed by atoms with Gasteiger partial charge < -0.3 is 47.2 Å². The van der Waals surface area contributed by atoms with Crippen LogP contribution >= 0.6 is 0 Å². The van der Waals surface area contributed by atoms with Crippen LogP contribution in [0.5, 0.6) is 0 Å². The van der Waals surface area contributed by atoms with Gasteiger partial charge in [-0.2, -0.15) is 0 Å². The number of nitrogens with one attached hydrogen (secondary N) is 4. The van der Waals surface area contributed by atoms with E-state index in [0.717, 1.165) is 0 Å². The molecule has 0 bridgehead atoms. The van der Waals surface area contributed by atoms with E-state index in [0.29, 0.717) is 25.7 Å². The third-order valence-corrected chi connectivity index (χ3v) is 8.93. The summed E-state index contributed by atoms with van der Waals surface area (Å²) >= 11 is 0.